The van der Waals surface area contributed by atoms with Crippen molar-refractivity contribution in [3.05, 3.63) is 60.2 Å². The largest absolute Gasteiger partial charge is 0.609 e. The predicted molar refractivity (Wildman–Crippen MR) is 76.1 cm³/mol. The van der Waals surface area contributed by atoms with Gasteiger partial charge in [0.25, 0.3) is 0 Å². The van der Waals surface area contributed by atoms with Gasteiger partial charge in [-0.2, -0.15) is 0 Å². The van der Waals surface area contributed by atoms with Crippen LogP contribution in [0.2, 0.25) is 0 Å². The Balaban J connectivity index is 2.06. The first kappa shape index (κ1) is 14.4. The number of carbonyl (C=O) groups excluding carboxylic acids is 1. The van der Waals surface area contributed by atoms with Crippen LogP contribution in [0.1, 0.15) is 10.4 Å². The van der Waals surface area contributed by atoms with E-state index in [1.165, 1.54) is 7.11 Å². The molecule has 2 aromatic rings. The van der Waals surface area contributed by atoms with Gasteiger partial charge in [0, 0.05) is 11.2 Å². The smallest absolute Gasteiger partial charge is 0.341 e. The van der Waals surface area contributed by atoms with Crippen molar-refractivity contribution in [2.45, 2.75) is 4.90 Å². The normalized spacial score (nSPS) is 11.7. The average Bonchev–Trinajstić information content (AvgIpc) is 2.53. The lowest BCUT2D eigenvalue weighted by atomic mass is 10.2. The van der Waals surface area contributed by atoms with Crippen molar-refractivity contribution >= 4 is 17.1 Å². The molecular weight excluding hydrogens is 276 g/mol. The SMILES string of the molecule is COC(=O)c1ccccc1OC[S+]([O-])c1ccccc1. The Bertz CT molecular complexity index is 571. The fourth-order valence-corrected chi connectivity index (χ4v) is 2.46. The summed E-state index contributed by atoms with van der Waals surface area (Å²) in [4.78, 5) is 12.3. The predicted octanol–water partition coefficient (Wildman–Crippen LogP) is 2.62. The molecule has 5 heteroatoms. The maximum atomic E-state index is 12.0. The molecule has 0 heterocycles. The number of esters is 1. The van der Waals surface area contributed by atoms with E-state index in [-0.39, 0.29) is 5.94 Å². The van der Waals surface area contributed by atoms with Crippen LogP contribution < -0.4 is 4.74 Å². The third kappa shape index (κ3) is 3.53. The lowest BCUT2D eigenvalue weighted by Gasteiger charge is -2.13. The maximum absolute atomic E-state index is 12.0. The first-order valence-corrected chi connectivity index (χ1v) is 7.28. The highest BCUT2D eigenvalue weighted by Gasteiger charge is 2.15. The number of hydrogen-bond donors (Lipinski definition) is 0. The zero-order valence-electron chi connectivity index (χ0n) is 10.9. The third-order valence-electron chi connectivity index (χ3n) is 2.62. The van der Waals surface area contributed by atoms with Crippen molar-refractivity contribution in [1.82, 2.24) is 0 Å². The summed E-state index contributed by atoms with van der Waals surface area (Å²) in [5.74, 6) is -0.132. The number of carbonyl (C=O) groups is 1. The summed E-state index contributed by atoms with van der Waals surface area (Å²) in [6.07, 6.45) is 0. The highest BCUT2D eigenvalue weighted by atomic mass is 32.2. The van der Waals surface area contributed by atoms with Crippen molar-refractivity contribution in [3.8, 4) is 5.75 Å². The summed E-state index contributed by atoms with van der Waals surface area (Å²) in [7, 11) is 1.31. The molecule has 2 rings (SSSR count). The van der Waals surface area contributed by atoms with E-state index < -0.39 is 17.1 Å². The Morgan fingerprint density at radius 2 is 1.75 bits per heavy atom. The Morgan fingerprint density at radius 3 is 2.45 bits per heavy atom. The van der Waals surface area contributed by atoms with Gasteiger partial charge in [0.2, 0.25) is 5.94 Å². The number of hydrogen-bond acceptors (Lipinski definition) is 4. The Morgan fingerprint density at radius 1 is 1.10 bits per heavy atom. The van der Waals surface area contributed by atoms with Crippen LogP contribution in [0.3, 0.4) is 0 Å². The van der Waals surface area contributed by atoms with Gasteiger partial charge in [0.1, 0.15) is 11.3 Å². The second-order valence-electron chi connectivity index (χ2n) is 3.91. The average molecular weight is 290 g/mol. The fourth-order valence-electron chi connectivity index (χ4n) is 1.63. The molecule has 1 unspecified atom stereocenters. The van der Waals surface area contributed by atoms with Crippen LogP contribution in [0.15, 0.2) is 59.5 Å². The lowest BCUT2D eigenvalue weighted by Crippen LogP contribution is -2.14. The minimum Gasteiger partial charge on any atom is -0.609 e. The van der Waals surface area contributed by atoms with Crippen LogP contribution in [0.5, 0.6) is 5.75 Å². The maximum Gasteiger partial charge on any atom is 0.341 e. The van der Waals surface area contributed by atoms with Crippen LogP contribution in [0.25, 0.3) is 0 Å². The van der Waals surface area contributed by atoms with E-state index in [1.807, 2.05) is 18.2 Å². The molecule has 0 bridgehead atoms. The lowest BCUT2D eigenvalue weighted by molar-refractivity contribution is 0.0596. The number of methoxy groups -OCH3 is 1. The molecule has 0 saturated heterocycles. The van der Waals surface area contributed by atoms with Gasteiger partial charge in [-0.05, 0) is 24.3 Å². The topological polar surface area (TPSA) is 58.6 Å². The van der Waals surface area contributed by atoms with E-state index >= 15 is 0 Å². The molecule has 0 saturated carbocycles. The molecule has 0 aromatic heterocycles. The minimum atomic E-state index is -1.28. The molecule has 0 spiro atoms. The number of ether oxygens (including phenoxy) is 2. The Hall–Kier alpha value is -1.98. The molecule has 0 aliphatic rings. The van der Waals surface area contributed by atoms with Gasteiger partial charge >= 0.3 is 5.97 Å². The van der Waals surface area contributed by atoms with Crippen molar-refractivity contribution in [1.29, 1.82) is 0 Å². The second kappa shape index (κ2) is 6.98. The number of para-hydroxylation sites is 1. The number of rotatable bonds is 5. The highest BCUT2D eigenvalue weighted by Crippen LogP contribution is 2.20. The van der Waals surface area contributed by atoms with Crippen LogP contribution in [-0.4, -0.2) is 23.6 Å². The quantitative estimate of drug-likeness (QED) is 0.627. The summed E-state index contributed by atoms with van der Waals surface area (Å²) in [6, 6.07) is 15.7. The van der Waals surface area contributed by atoms with Crippen molar-refractivity contribution < 1.29 is 18.8 Å². The summed E-state index contributed by atoms with van der Waals surface area (Å²) in [5, 5.41) is 0. The van der Waals surface area contributed by atoms with Crippen molar-refractivity contribution in [3.63, 3.8) is 0 Å². The molecule has 20 heavy (non-hydrogen) atoms. The summed E-state index contributed by atoms with van der Waals surface area (Å²) < 4.78 is 22.2. The molecule has 1 atom stereocenters. The highest BCUT2D eigenvalue weighted by molar-refractivity contribution is 7.91. The molecule has 4 nitrogen and oxygen atoms in total. The molecule has 0 aliphatic carbocycles. The van der Waals surface area contributed by atoms with Crippen LogP contribution in [0.4, 0.5) is 0 Å². The van der Waals surface area contributed by atoms with Gasteiger partial charge in [-0.1, -0.05) is 30.3 Å². The summed E-state index contributed by atoms with van der Waals surface area (Å²) in [5.41, 5.74) is 0.320. The van der Waals surface area contributed by atoms with E-state index in [2.05, 4.69) is 4.74 Å². The molecule has 0 radical (unpaired) electrons. The summed E-state index contributed by atoms with van der Waals surface area (Å²) in [6.45, 7) is 0. The molecule has 104 valence electrons. The van der Waals surface area contributed by atoms with E-state index in [1.54, 1.807) is 36.4 Å². The van der Waals surface area contributed by atoms with Crippen molar-refractivity contribution in [2.75, 3.05) is 13.0 Å². The van der Waals surface area contributed by atoms with E-state index in [0.29, 0.717) is 16.2 Å². The van der Waals surface area contributed by atoms with Gasteiger partial charge in [0.05, 0.1) is 7.11 Å². The Kier molecular flexibility index (Phi) is 5.03. The molecule has 2 aromatic carbocycles. The first-order valence-electron chi connectivity index (χ1n) is 5.96. The second-order valence-corrected chi connectivity index (χ2v) is 5.31. The van der Waals surface area contributed by atoms with Gasteiger partial charge in [-0.15, -0.1) is 0 Å². The van der Waals surface area contributed by atoms with E-state index in [0.717, 1.165) is 0 Å². The molecular formula is C15H14O4S. The minimum absolute atomic E-state index is 0.0159. The van der Waals surface area contributed by atoms with Gasteiger partial charge in [-0.3, -0.25) is 0 Å². The fraction of sp³-hybridized carbons (Fsp3) is 0.133. The monoisotopic (exact) mass is 290 g/mol. The molecule has 0 fully saturated rings. The van der Waals surface area contributed by atoms with Crippen molar-refractivity contribution in [2.24, 2.45) is 0 Å². The molecule has 0 N–H and O–H groups in total. The molecule has 0 aliphatic heterocycles. The van der Waals surface area contributed by atoms with Crippen LogP contribution >= 0.6 is 0 Å². The van der Waals surface area contributed by atoms with Gasteiger partial charge < -0.3 is 14.0 Å². The Labute approximate surface area is 120 Å². The summed E-state index contributed by atoms with van der Waals surface area (Å²) >= 11 is -1.28. The van der Waals surface area contributed by atoms with Gasteiger partial charge in [-0.25, -0.2) is 4.79 Å². The zero-order valence-corrected chi connectivity index (χ0v) is 11.8. The zero-order chi connectivity index (χ0) is 14.4. The third-order valence-corrected chi connectivity index (χ3v) is 3.75. The van der Waals surface area contributed by atoms with Gasteiger partial charge in [0.15, 0.2) is 4.90 Å². The number of benzene rings is 2. The molecule has 0 amide bonds. The standard InChI is InChI=1S/C15H14O4S/c1-18-15(16)13-9-5-6-10-14(13)19-11-20(17)12-7-3-2-4-8-12/h2-10H,11H2,1H3. The first-order chi connectivity index (χ1) is 9.72. The van der Waals surface area contributed by atoms with Crippen LogP contribution in [0, 0.1) is 0 Å². The van der Waals surface area contributed by atoms with Crippen LogP contribution in [-0.2, 0) is 15.9 Å². The van der Waals surface area contributed by atoms with E-state index in [4.69, 9.17) is 4.74 Å². The van der Waals surface area contributed by atoms with E-state index in [9.17, 15) is 9.35 Å².